The Morgan fingerprint density at radius 2 is 1.88 bits per heavy atom. The van der Waals surface area contributed by atoms with Gasteiger partial charge in [-0.1, -0.05) is 41.9 Å². The summed E-state index contributed by atoms with van der Waals surface area (Å²) in [4.78, 5) is 43.6. The highest BCUT2D eigenvalue weighted by atomic mass is 35.5. The van der Waals surface area contributed by atoms with E-state index in [1.807, 2.05) is 6.07 Å². The molecule has 3 heterocycles. The number of hydrogen-bond donors (Lipinski definition) is 3. The largest absolute Gasteiger partial charge is 0.497 e. The zero-order valence-corrected chi connectivity index (χ0v) is 18.7. The molecular formula is C24H19ClN4O5. The summed E-state index contributed by atoms with van der Waals surface area (Å²) >= 11 is 5.96. The Morgan fingerprint density at radius 1 is 1.12 bits per heavy atom. The molecule has 0 radical (unpaired) electrons. The number of nitrogens with zero attached hydrogens (tertiary/aromatic N) is 2. The lowest BCUT2D eigenvalue weighted by Gasteiger charge is -2.31. The number of aromatic nitrogens is 1. The van der Waals surface area contributed by atoms with Crippen LogP contribution < -0.4 is 15.4 Å². The number of fused-ring (bicyclic) bond motifs is 1. The lowest BCUT2D eigenvalue weighted by molar-refractivity contribution is -0.124. The van der Waals surface area contributed by atoms with E-state index in [0.29, 0.717) is 29.0 Å². The number of imide groups is 1. The number of carbonyl (C=O) groups excluding carboxylic acids is 3. The summed E-state index contributed by atoms with van der Waals surface area (Å²) in [6, 6.07) is 13.1. The van der Waals surface area contributed by atoms with Crippen molar-refractivity contribution in [2.24, 2.45) is 0 Å². The molecule has 2 aromatic carbocycles. The smallest absolute Gasteiger partial charge is 0.322 e. The van der Waals surface area contributed by atoms with Crippen molar-refractivity contribution in [1.82, 2.24) is 20.5 Å². The number of pyridine rings is 1. The van der Waals surface area contributed by atoms with Gasteiger partial charge in [0.15, 0.2) is 5.54 Å². The first kappa shape index (κ1) is 21.7. The predicted octanol–water partition coefficient (Wildman–Crippen LogP) is 2.81. The summed E-state index contributed by atoms with van der Waals surface area (Å²) in [5.41, 5.74) is 1.79. The van der Waals surface area contributed by atoms with E-state index in [0.717, 1.165) is 11.1 Å². The Kier molecular flexibility index (Phi) is 5.13. The molecule has 0 aliphatic carbocycles. The molecule has 4 amide bonds. The van der Waals surface area contributed by atoms with E-state index in [-0.39, 0.29) is 23.4 Å². The molecule has 1 aromatic heterocycles. The molecule has 1 fully saturated rings. The normalized spacial score (nSPS) is 19.1. The van der Waals surface area contributed by atoms with Crippen LogP contribution in [0.1, 0.15) is 21.5 Å². The van der Waals surface area contributed by atoms with Gasteiger partial charge in [0.25, 0.3) is 11.8 Å². The minimum Gasteiger partial charge on any atom is -0.497 e. The molecule has 2 aliphatic rings. The van der Waals surface area contributed by atoms with Gasteiger partial charge in [-0.2, -0.15) is 0 Å². The average molecular weight is 479 g/mol. The van der Waals surface area contributed by atoms with Crippen LogP contribution in [-0.2, 0) is 16.9 Å². The quantitative estimate of drug-likeness (QED) is 0.485. The van der Waals surface area contributed by atoms with Gasteiger partial charge in [-0.25, -0.2) is 9.78 Å². The summed E-state index contributed by atoms with van der Waals surface area (Å²) in [6.07, 6.45) is 1.48. The lowest BCUT2D eigenvalue weighted by Crippen LogP contribution is -2.52. The molecular weight excluding hydrogens is 460 g/mol. The Labute approximate surface area is 199 Å². The number of amides is 4. The molecule has 9 nitrogen and oxygen atoms in total. The maximum absolute atomic E-state index is 13.1. The Morgan fingerprint density at radius 3 is 2.53 bits per heavy atom. The Balaban J connectivity index is 1.47. The summed E-state index contributed by atoms with van der Waals surface area (Å²) in [5, 5.41) is 14.7. The van der Waals surface area contributed by atoms with Crippen molar-refractivity contribution in [3.8, 4) is 22.8 Å². The number of nitrogens with one attached hydrogen (secondary N) is 2. The molecule has 10 heteroatoms. The van der Waals surface area contributed by atoms with Crippen LogP contribution in [-0.4, -0.2) is 46.5 Å². The SMILES string of the molecule is COc1ccc2c(c1)C(=O)N(C[C@@]1(c3ccc(-c4cnc(O)c(Cl)c4)cc3)NC(=O)NC1=O)C2. The van der Waals surface area contributed by atoms with E-state index >= 15 is 0 Å². The topological polar surface area (TPSA) is 121 Å². The molecule has 0 unspecified atom stereocenters. The average Bonchev–Trinajstić information content (AvgIpc) is 3.30. The fraction of sp³-hybridized carbons (Fsp3) is 0.167. The fourth-order valence-corrected chi connectivity index (χ4v) is 4.48. The summed E-state index contributed by atoms with van der Waals surface area (Å²) in [5.74, 6) is -0.486. The van der Waals surface area contributed by atoms with Crippen molar-refractivity contribution < 1.29 is 24.2 Å². The highest BCUT2D eigenvalue weighted by Gasteiger charge is 2.50. The van der Waals surface area contributed by atoms with E-state index in [9.17, 15) is 19.5 Å². The second-order valence-corrected chi connectivity index (χ2v) is 8.51. The van der Waals surface area contributed by atoms with Crippen molar-refractivity contribution in [3.63, 3.8) is 0 Å². The van der Waals surface area contributed by atoms with Crippen LogP contribution in [0.4, 0.5) is 4.79 Å². The van der Waals surface area contributed by atoms with E-state index in [4.69, 9.17) is 16.3 Å². The van der Waals surface area contributed by atoms with Crippen molar-refractivity contribution in [1.29, 1.82) is 0 Å². The molecule has 1 saturated heterocycles. The fourth-order valence-electron chi connectivity index (χ4n) is 4.31. The highest BCUT2D eigenvalue weighted by Crippen LogP contribution is 2.34. The van der Waals surface area contributed by atoms with Crippen molar-refractivity contribution >= 4 is 29.4 Å². The van der Waals surface area contributed by atoms with Crippen LogP contribution >= 0.6 is 11.6 Å². The molecule has 172 valence electrons. The number of benzene rings is 2. The number of rotatable bonds is 5. The third-order valence-electron chi connectivity index (χ3n) is 6.10. The first-order valence-electron chi connectivity index (χ1n) is 10.4. The summed E-state index contributed by atoms with van der Waals surface area (Å²) in [7, 11) is 1.53. The molecule has 5 rings (SSSR count). The van der Waals surface area contributed by atoms with Crippen molar-refractivity contribution in [3.05, 3.63) is 76.4 Å². The number of aromatic hydroxyl groups is 1. The Bertz CT molecular complexity index is 1340. The van der Waals surface area contributed by atoms with Gasteiger partial charge in [0.1, 0.15) is 10.8 Å². The molecule has 0 saturated carbocycles. The molecule has 2 aliphatic heterocycles. The van der Waals surface area contributed by atoms with Crippen LogP contribution in [0.25, 0.3) is 11.1 Å². The molecule has 34 heavy (non-hydrogen) atoms. The number of ether oxygens (including phenoxy) is 1. The second kappa shape index (κ2) is 8.03. The molecule has 3 aromatic rings. The van der Waals surface area contributed by atoms with Crippen LogP contribution in [0.3, 0.4) is 0 Å². The molecule has 3 N–H and O–H groups in total. The van der Waals surface area contributed by atoms with Gasteiger partial charge in [-0.15, -0.1) is 0 Å². The number of methoxy groups -OCH3 is 1. The summed E-state index contributed by atoms with van der Waals surface area (Å²) < 4.78 is 5.22. The first-order valence-corrected chi connectivity index (χ1v) is 10.7. The van der Waals surface area contributed by atoms with Crippen molar-refractivity contribution in [2.75, 3.05) is 13.7 Å². The number of halogens is 1. The van der Waals surface area contributed by atoms with Gasteiger partial charge >= 0.3 is 6.03 Å². The zero-order valence-electron chi connectivity index (χ0n) is 18.0. The predicted molar refractivity (Wildman–Crippen MR) is 122 cm³/mol. The standard InChI is InChI=1S/C24H19ClN4O5/c1-34-17-7-4-14-11-29(21(31)18(14)9-17)12-24(22(32)27-23(33)28-24)16-5-2-13(3-6-16)15-8-19(25)20(30)26-10-15/h2-10H,11-12H2,1H3,(H,26,30)(H2,27,28,32,33)/t24-/m0/s1. The van der Waals surface area contributed by atoms with Crippen molar-refractivity contribution in [2.45, 2.75) is 12.1 Å². The van der Waals surface area contributed by atoms with Gasteiger partial charge in [0.05, 0.1) is 13.7 Å². The minimum absolute atomic E-state index is 0.0493. The van der Waals surface area contributed by atoms with Gasteiger partial charge in [-0.05, 0) is 34.9 Å². The van der Waals surface area contributed by atoms with E-state index in [1.54, 1.807) is 42.5 Å². The second-order valence-electron chi connectivity index (χ2n) is 8.10. The van der Waals surface area contributed by atoms with E-state index < -0.39 is 17.5 Å². The number of hydrogen-bond acceptors (Lipinski definition) is 6. The monoisotopic (exact) mass is 478 g/mol. The third-order valence-corrected chi connectivity index (χ3v) is 6.38. The maximum atomic E-state index is 13.1. The van der Waals surface area contributed by atoms with Crippen LogP contribution in [0.5, 0.6) is 11.6 Å². The highest BCUT2D eigenvalue weighted by molar-refractivity contribution is 6.32. The zero-order chi connectivity index (χ0) is 24.0. The van der Waals surface area contributed by atoms with E-state index in [1.165, 1.54) is 18.2 Å². The summed E-state index contributed by atoms with van der Waals surface area (Å²) in [6.45, 7) is 0.255. The molecule has 0 bridgehead atoms. The Hall–Kier alpha value is -4.11. The van der Waals surface area contributed by atoms with Crippen LogP contribution in [0.2, 0.25) is 5.02 Å². The maximum Gasteiger partial charge on any atom is 0.322 e. The third kappa shape index (κ3) is 3.50. The first-order chi connectivity index (χ1) is 16.3. The van der Waals surface area contributed by atoms with Gasteiger partial charge < -0.3 is 20.1 Å². The minimum atomic E-state index is -1.46. The van der Waals surface area contributed by atoms with Crippen LogP contribution in [0, 0.1) is 0 Å². The molecule has 1 atom stereocenters. The van der Waals surface area contributed by atoms with Gasteiger partial charge in [0.2, 0.25) is 5.88 Å². The number of urea groups is 1. The van der Waals surface area contributed by atoms with Crippen LogP contribution in [0.15, 0.2) is 54.7 Å². The van der Waals surface area contributed by atoms with Gasteiger partial charge in [-0.3, -0.25) is 14.9 Å². The molecule has 0 spiro atoms. The number of carbonyl (C=O) groups is 3. The lowest BCUT2D eigenvalue weighted by atomic mass is 9.88. The van der Waals surface area contributed by atoms with Gasteiger partial charge in [0, 0.05) is 23.9 Å². The van der Waals surface area contributed by atoms with E-state index in [2.05, 4.69) is 15.6 Å².